The van der Waals surface area contributed by atoms with Crippen molar-refractivity contribution in [2.24, 2.45) is 11.3 Å². The fraction of sp³-hybridized carbons (Fsp3) is 0.947. The largest absolute Gasteiger partial charge is 0.297 e. The molecule has 2 aliphatic rings. The van der Waals surface area contributed by atoms with Crippen LogP contribution in [0, 0.1) is 11.3 Å². The summed E-state index contributed by atoms with van der Waals surface area (Å²) in [6, 6.07) is 0. The SMILES string of the molecule is CC(C)(C)[C@H]1CCC(=O)[C@@H](ON2C(C)(C)CCCC2(C)C)C1. The minimum Gasteiger partial charge on any atom is -0.297 e. The molecule has 22 heavy (non-hydrogen) atoms. The topological polar surface area (TPSA) is 29.5 Å². The molecule has 0 bridgehead atoms. The quantitative estimate of drug-likeness (QED) is 0.737. The van der Waals surface area contributed by atoms with Crippen LogP contribution in [-0.4, -0.2) is 28.0 Å². The highest BCUT2D eigenvalue weighted by Crippen LogP contribution is 2.42. The van der Waals surface area contributed by atoms with Crippen LogP contribution < -0.4 is 0 Å². The second-order valence-electron chi connectivity index (χ2n) is 9.67. The number of ketones is 1. The van der Waals surface area contributed by atoms with Crippen LogP contribution in [0.2, 0.25) is 0 Å². The molecule has 2 rings (SSSR count). The summed E-state index contributed by atoms with van der Waals surface area (Å²) in [6.45, 7) is 15.8. The number of carbonyl (C=O) groups excluding carboxylic acids is 1. The summed E-state index contributed by atoms with van der Waals surface area (Å²) in [7, 11) is 0. The van der Waals surface area contributed by atoms with Gasteiger partial charge in [0, 0.05) is 17.5 Å². The number of rotatable bonds is 2. The monoisotopic (exact) mass is 309 g/mol. The molecule has 2 atom stereocenters. The van der Waals surface area contributed by atoms with Crippen LogP contribution in [0.5, 0.6) is 0 Å². The van der Waals surface area contributed by atoms with E-state index in [-0.39, 0.29) is 28.4 Å². The molecule has 3 nitrogen and oxygen atoms in total. The molecule has 0 radical (unpaired) electrons. The average Bonchev–Trinajstić information content (AvgIpc) is 2.33. The van der Waals surface area contributed by atoms with Crippen LogP contribution in [-0.2, 0) is 9.63 Å². The number of Topliss-reactive ketones (excluding diaryl/α,β-unsaturated/α-hetero) is 1. The molecule has 0 N–H and O–H groups in total. The van der Waals surface area contributed by atoms with Gasteiger partial charge < -0.3 is 0 Å². The van der Waals surface area contributed by atoms with Crippen molar-refractivity contribution in [3.63, 3.8) is 0 Å². The highest BCUT2D eigenvalue weighted by Gasteiger charge is 2.46. The summed E-state index contributed by atoms with van der Waals surface area (Å²) >= 11 is 0. The smallest absolute Gasteiger partial charge is 0.163 e. The minimum absolute atomic E-state index is 0.00327. The lowest BCUT2D eigenvalue weighted by molar-refractivity contribution is -0.302. The first kappa shape index (κ1) is 17.9. The van der Waals surface area contributed by atoms with E-state index in [0.717, 1.165) is 25.7 Å². The molecule has 1 heterocycles. The van der Waals surface area contributed by atoms with Crippen LogP contribution in [0.25, 0.3) is 0 Å². The van der Waals surface area contributed by atoms with Gasteiger partial charge in [0.15, 0.2) is 5.78 Å². The maximum atomic E-state index is 12.4. The Morgan fingerprint density at radius 1 is 1.09 bits per heavy atom. The lowest BCUT2D eigenvalue weighted by Gasteiger charge is -2.53. The molecule has 1 aliphatic heterocycles. The zero-order valence-corrected chi connectivity index (χ0v) is 15.7. The number of hydroxylamine groups is 2. The van der Waals surface area contributed by atoms with E-state index in [1.165, 1.54) is 6.42 Å². The standard InChI is InChI=1S/C19H35NO2/c1-17(2,3)14-9-10-15(21)16(13-14)22-20-18(4,5)11-8-12-19(20,6)7/h14,16H,8-13H2,1-7H3/t14-,16-/m0/s1. The van der Waals surface area contributed by atoms with Gasteiger partial charge in [0.2, 0.25) is 0 Å². The summed E-state index contributed by atoms with van der Waals surface area (Å²) in [6.07, 6.45) is 5.76. The lowest BCUT2D eigenvalue weighted by Crippen LogP contribution is -2.60. The fourth-order valence-corrected chi connectivity index (χ4v) is 4.26. The van der Waals surface area contributed by atoms with Crippen LogP contribution in [0.4, 0.5) is 0 Å². The van der Waals surface area contributed by atoms with E-state index < -0.39 is 0 Å². The third-order valence-electron chi connectivity index (χ3n) is 5.73. The summed E-state index contributed by atoms with van der Waals surface area (Å²) < 4.78 is 0. The fourth-order valence-electron chi connectivity index (χ4n) is 4.26. The third-order valence-corrected chi connectivity index (χ3v) is 5.73. The van der Waals surface area contributed by atoms with Crippen LogP contribution >= 0.6 is 0 Å². The first-order valence-electron chi connectivity index (χ1n) is 8.93. The molecule has 0 aromatic rings. The number of hydrogen-bond acceptors (Lipinski definition) is 3. The zero-order valence-electron chi connectivity index (χ0n) is 15.7. The third kappa shape index (κ3) is 3.73. The molecule has 0 unspecified atom stereocenters. The zero-order chi connectivity index (χ0) is 16.8. The second kappa shape index (κ2) is 5.90. The van der Waals surface area contributed by atoms with Crippen molar-refractivity contribution >= 4 is 5.78 Å². The molecule has 3 heteroatoms. The molecule has 2 fully saturated rings. The Balaban J connectivity index is 2.14. The Labute approximate surface area is 136 Å². The normalized spacial score (nSPS) is 33.0. The Morgan fingerprint density at radius 2 is 1.64 bits per heavy atom. The lowest BCUT2D eigenvalue weighted by atomic mass is 9.71. The van der Waals surface area contributed by atoms with Gasteiger partial charge in [-0.2, -0.15) is 5.06 Å². The molecular weight excluding hydrogens is 274 g/mol. The summed E-state index contributed by atoms with van der Waals surface area (Å²) in [5, 5.41) is 2.15. The molecule has 1 saturated carbocycles. The Hall–Kier alpha value is -0.410. The number of hydrogen-bond donors (Lipinski definition) is 0. The summed E-state index contributed by atoms with van der Waals surface area (Å²) in [4.78, 5) is 18.8. The van der Waals surface area contributed by atoms with Gasteiger partial charge in [-0.3, -0.25) is 9.63 Å². The van der Waals surface area contributed by atoms with E-state index in [1.54, 1.807) is 0 Å². The van der Waals surface area contributed by atoms with Gasteiger partial charge in [-0.25, -0.2) is 0 Å². The molecule has 1 aliphatic carbocycles. The number of piperidine rings is 1. The van der Waals surface area contributed by atoms with E-state index in [9.17, 15) is 4.79 Å². The summed E-state index contributed by atoms with van der Waals surface area (Å²) in [5.74, 6) is 0.851. The predicted octanol–water partition coefficient (Wildman–Crippen LogP) is 4.75. The summed E-state index contributed by atoms with van der Waals surface area (Å²) in [5.41, 5.74) is 0.239. The van der Waals surface area contributed by atoms with E-state index in [1.807, 2.05) is 0 Å². The van der Waals surface area contributed by atoms with Crippen molar-refractivity contribution in [1.82, 2.24) is 5.06 Å². The van der Waals surface area contributed by atoms with Gasteiger partial charge in [0.1, 0.15) is 6.10 Å². The predicted molar refractivity (Wildman–Crippen MR) is 90.5 cm³/mol. The van der Waals surface area contributed by atoms with Gasteiger partial charge in [-0.1, -0.05) is 20.8 Å². The molecule has 0 aromatic heterocycles. The first-order valence-corrected chi connectivity index (χ1v) is 8.93. The van der Waals surface area contributed by atoms with Crippen molar-refractivity contribution in [2.75, 3.05) is 0 Å². The molecule has 0 amide bonds. The van der Waals surface area contributed by atoms with E-state index in [0.29, 0.717) is 12.3 Å². The minimum atomic E-state index is -0.255. The average molecular weight is 309 g/mol. The number of carbonyl (C=O) groups is 1. The molecular formula is C19H35NO2. The Morgan fingerprint density at radius 3 is 2.14 bits per heavy atom. The maximum Gasteiger partial charge on any atom is 0.163 e. The van der Waals surface area contributed by atoms with Crippen molar-refractivity contribution in [3.8, 4) is 0 Å². The Kier molecular flexibility index (Phi) is 4.81. The van der Waals surface area contributed by atoms with Crippen LogP contribution in [0.1, 0.15) is 87.0 Å². The van der Waals surface area contributed by atoms with Crippen molar-refractivity contribution in [1.29, 1.82) is 0 Å². The highest BCUT2D eigenvalue weighted by atomic mass is 16.7. The van der Waals surface area contributed by atoms with Gasteiger partial charge in [0.05, 0.1) is 0 Å². The van der Waals surface area contributed by atoms with Gasteiger partial charge in [-0.15, -0.1) is 0 Å². The van der Waals surface area contributed by atoms with Crippen molar-refractivity contribution < 1.29 is 9.63 Å². The number of nitrogens with zero attached hydrogens (tertiary/aromatic N) is 1. The van der Waals surface area contributed by atoms with Crippen LogP contribution in [0.3, 0.4) is 0 Å². The molecule has 0 spiro atoms. The molecule has 128 valence electrons. The van der Waals surface area contributed by atoms with Gasteiger partial charge in [-0.05, 0) is 71.1 Å². The second-order valence-corrected chi connectivity index (χ2v) is 9.67. The molecule has 0 aromatic carbocycles. The van der Waals surface area contributed by atoms with Crippen molar-refractivity contribution in [3.05, 3.63) is 0 Å². The van der Waals surface area contributed by atoms with E-state index >= 15 is 0 Å². The van der Waals surface area contributed by atoms with Gasteiger partial charge >= 0.3 is 0 Å². The molecule has 1 saturated heterocycles. The first-order chi connectivity index (χ1) is 9.93. The van der Waals surface area contributed by atoms with Gasteiger partial charge in [0.25, 0.3) is 0 Å². The van der Waals surface area contributed by atoms with E-state index in [2.05, 4.69) is 53.5 Å². The maximum absolute atomic E-state index is 12.4. The highest BCUT2D eigenvalue weighted by molar-refractivity contribution is 5.83. The van der Waals surface area contributed by atoms with Crippen LogP contribution in [0.15, 0.2) is 0 Å². The van der Waals surface area contributed by atoms with E-state index in [4.69, 9.17) is 4.84 Å². The van der Waals surface area contributed by atoms with Crippen molar-refractivity contribution in [2.45, 2.75) is 104 Å². The Bertz CT molecular complexity index is 404.